The van der Waals surface area contributed by atoms with Crippen molar-refractivity contribution in [2.45, 2.75) is 58.0 Å². The first-order valence-corrected chi connectivity index (χ1v) is 6.55. The van der Waals surface area contributed by atoms with Crippen LogP contribution in [0.3, 0.4) is 0 Å². The Hall–Kier alpha value is -0.830. The molecule has 1 heterocycles. The molecule has 0 radical (unpaired) electrons. The number of carbonyl (C=O) groups excluding carboxylic acids is 1. The highest BCUT2D eigenvalue weighted by molar-refractivity contribution is 5.87. The Morgan fingerprint density at radius 1 is 1.53 bits per heavy atom. The lowest BCUT2D eigenvalue weighted by molar-refractivity contribution is -0.142. The van der Waals surface area contributed by atoms with Gasteiger partial charge in [-0.2, -0.15) is 0 Å². The normalized spacial score (nSPS) is 24.7. The Morgan fingerprint density at radius 2 is 2.18 bits per heavy atom. The second kappa shape index (κ2) is 5.21. The third-order valence-corrected chi connectivity index (χ3v) is 3.62. The second-order valence-electron chi connectivity index (χ2n) is 5.84. The zero-order chi connectivity index (χ0) is 13.1. The first kappa shape index (κ1) is 14.2. The minimum absolute atomic E-state index is 0.155. The van der Waals surface area contributed by atoms with Gasteiger partial charge in [-0.15, -0.1) is 6.58 Å². The van der Waals surface area contributed by atoms with E-state index in [1.54, 1.807) is 0 Å². The molecule has 98 valence electrons. The Morgan fingerprint density at radius 3 is 2.53 bits per heavy atom. The quantitative estimate of drug-likeness (QED) is 0.762. The topological polar surface area (TPSA) is 32.3 Å². The molecule has 1 fully saturated rings. The van der Waals surface area contributed by atoms with Crippen molar-refractivity contribution in [2.24, 2.45) is 0 Å². The van der Waals surface area contributed by atoms with Gasteiger partial charge in [-0.3, -0.25) is 4.79 Å². The number of nitrogens with one attached hydrogen (secondary N) is 1. The van der Waals surface area contributed by atoms with Crippen LogP contribution in [-0.2, 0) is 4.79 Å². The van der Waals surface area contributed by atoms with Crippen LogP contribution in [-0.4, -0.2) is 35.0 Å². The summed E-state index contributed by atoms with van der Waals surface area (Å²) in [6.45, 7) is 13.6. The lowest BCUT2D eigenvalue weighted by Gasteiger charge is -2.41. The van der Waals surface area contributed by atoms with Crippen molar-refractivity contribution in [3.8, 4) is 0 Å². The summed E-state index contributed by atoms with van der Waals surface area (Å²) >= 11 is 0. The SMILES string of the molecule is C=CCN(C(=O)C1(CC)CCCN1)C(C)(C)C. The minimum atomic E-state index is -0.337. The van der Waals surface area contributed by atoms with E-state index in [1.165, 1.54) is 0 Å². The zero-order valence-corrected chi connectivity index (χ0v) is 11.7. The van der Waals surface area contributed by atoms with Crippen molar-refractivity contribution in [1.29, 1.82) is 0 Å². The number of hydrogen-bond acceptors (Lipinski definition) is 2. The monoisotopic (exact) mass is 238 g/mol. The average Bonchev–Trinajstić information content (AvgIpc) is 2.73. The van der Waals surface area contributed by atoms with Gasteiger partial charge in [0, 0.05) is 12.1 Å². The molecular weight excluding hydrogens is 212 g/mol. The molecule has 0 aromatic rings. The Labute approximate surface area is 105 Å². The second-order valence-corrected chi connectivity index (χ2v) is 5.84. The van der Waals surface area contributed by atoms with Gasteiger partial charge in [0.2, 0.25) is 5.91 Å². The Bertz CT molecular complexity index is 285. The summed E-state index contributed by atoms with van der Waals surface area (Å²) < 4.78 is 0. The summed E-state index contributed by atoms with van der Waals surface area (Å²) in [7, 11) is 0. The Kier molecular flexibility index (Phi) is 4.36. The Balaban J connectivity index is 2.94. The molecule has 17 heavy (non-hydrogen) atoms. The van der Waals surface area contributed by atoms with Crippen LogP contribution < -0.4 is 5.32 Å². The molecular formula is C14H26N2O. The minimum Gasteiger partial charge on any atom is -0.333 e. The van der Waals surface area contributed by atoms with E-state index < -0.39 is 0 Å². The van der Waals surface area contributed by atoms with Crippen molar-refractivity contribution in [3.63, 3.8) is 0 Å². The van der Waals surface area contributed by atoms with Crippen molar-refractivity contribution in [2.75, 3.05) is 13.1 Å². The maximum absolute atomic E-state index is 12.8. The van der Waals surface area contributed by atoms with Gasteiger partial charge in [-0.05, 0) is 46.6 Å². The van der Waals surface area contributed by atoms with E-state index in [9.17, 15) is 4.79 Å². The number of rotatable bonds is 4. The fourth-order valence-electron chi connectivity index (χ4n) is 2.49. The summed E-state index contributed by atoms with van der Waals surface area (Å²) in [5.74, 6) is 0.227. The first-order valence-electron chi connectivity index (χ1n) is 6.55. The molecule has 1 N–H and O–H groups in total. The van der Waals surface area contributed by atoms with Gasteiger partial charge in [0.15, 0.2) is 0 Å². The lowest BCUT2D eigenvalue weighted by atomic mass is 9.90. The highest BCUT2D eigenvalue weighted by atomic mass is 16.2. The standard InChI is InChI=1S/C14H26N2O/c1-6-11-16(13(3,4)5)12(17)14(7-2)9-8-10-15-14/h6,15H,1,7-11H2,2-5H3. The molecule has 0 bridgehead atoms. The molecule has 1 saturated heterocycles. The van der Waals surface area contributed by atoms with Gasteiger partial charge >= 0.3 is 0 Å². The fraction of sp³-hybridized carbons (Fsp3) is 0.786. The van der Waals surface area contributed by atoms with Gasteiger partial charge < -0.3 is 10.2 Å². The summed E-state index contributed by atoms with van der Waals surface area (Å²) in [4.78, 5) is 14.7. The molecule has 1 rings (SSSR count). The zero-order valence-electron chi connectivity index (χ0n) is 11.7. The van der Waals surface area contributed by atoms with E-state index in [2.05, 4.69) is 39.6 Å². The van der Waals surface area contributed by atoms with Gasteiger partial charge in [0.05, 0.1) is 5.54 Å². The van der Waals surface area contributed by atoms with Crippen molar-refractivity contribution < 1.29 is 4.79 Å². The molecule has 0 aromatic heterocycles. The smallest absolute Gasteiger partial charge is 0.243 e. The van der Waals surface area contributed by atoms with Crippen LogP contribution in [0.25, 0.3) is 0 Å². The van der Waals surface area contributed by atoms with Gasteiger partial charge in [0.1, 0.15) is 0 Å². The number of amides is 1. The van der Waals surface area contributed by atoms with E-state index >= 15 is 0 Å². The van der Waals surface area contributed by atoms with Crippen LogP contribution in [0.5, 0.6) is 0 Å². The maximum atomic E-state index is 12.8. The largest absolute Gasteiger partial charge is 0.333 e. The summed E-state index contributed by atoms with van der Waals surface area (Å²) in [6, 6.07) is 0. The van der Waals surface area contributed by atoms with Crippen LogP contribution >= 0.6 is 0 Å². The average molecular weight is 238 g/mol. The molecule has 1 amide bonds. The predicted octanol–water partition coefficient (Wildman–Crippen LogP) is 2.33. The van der Waals surface area contributed by atoms with E-state index in [0.29, 0.717) is 6.54 Å². The number of carbonyl (C=O) groups is 1. The molecule has 0 aromatic carbocycles. The molecule has 0 aliphatic carbocycles. The van der Waals surface area contributed by atoms with Crippen molar-refractivity contribution >= 4 is 5.91 Å². The molecule has 1 aliphatic heterocycles. The lowest BCUT2D eigenvalue weighted by Crippen LogP contribution is -2.59. The predicted molar refractivity (Wildman–Crippen MR) is 71.9 cm³/mol. The number of nitrogens with zero attached hydrogens (tertiary/aromatic N) is 1. The van der Waals surface area contributed by atoms with E-state index in [0.717, 1.165) is 25.8 Å². The highest BCUT2D eigenvalue weighted by Gasteiger charge is 2.43. The van der Waals surface area contributed by atoms with Gasteiger partial charge in [-0.25, -0.2) is 0 Å². The van der Waals surface area contributed by atoms with Gasteiger partial charge in [-0.1, -0.05) is 13.0 Å². The summed E-state index contributed by atoms with van der Waals surface area (Å²) in [5.41, 5.74) is -0.492. The molecule has 3 nitrogen and oxygen atoms in total. The molecule has 0 spiro atoms. The molecule has 3 heteroatoms. The molecule has 1 aliphatic rings. The van der Waals surface area contributed by atoms with Crippen LogP contribution in [0.2, 0.25) is 0 Å². The van der Waals surface area contributed by atoms with Crippen LogP contribution in [0.4, 0.5) is 0 Å². The van der Waals surface area contributed by atoms with E-state index in [1.807, 2.05) is 11.0 Å². The third kappa shape index (κ3) is 2.89. The van der Waals surface area contributed by atoms with Crippen LogP contribution in [0, 0.1) is 0 Å². The maximum Gasteiger partial charge on any atom is 0.243 e. The van der Waals surface area contributed by atoms with E-state index in [-0.39, 0.29) is 17.0 Å². The summed E-state index contributed by atoms with van der Waals surface area (Å²) in [5, 5.41) is 3.41. The molecule has 1 atom stereocenters. The van der Waals surface area contributed by atoms with Gasteiger partial charge in [0.25, 0.3) is 0 Å². The molecule has 1 unspecified atom stereocenters. The fourth-order valence-corrected chi connectivity index (χ4v) is 2.49. The highest BCUT2D eigenvalue weighted by Crippen LogP contribution is 2.28. The third-order valence-electron chi connectivity index (χ3n) is 3.62. The number of hydrogen-bond donors (Lipinski definition) is 1. The van der Waals surface area contributed by atoms with Crippen molar-refractivity contribution in [1.82, 2.24) is 10.2 Å². The first-order chi connectivity index (χ1) is 7.87. The summed E-state index contributed by atoms with van der Waals surface area (Å²) in [6.07, 6.45) is 4.70. The van der Waals surface area contributed by atoms with Crippen LogP contribution in [0.15, 0.2) is 12.7 Å². The van der Waals surface area contributed by atoms with Crippen molar-refractivity contribution in [3.05, 3.63) is 12.7 Å². The molecule has 0 saturated carbocycles. The van der Waals surface area contributed by atoms with Crippen LogP contribution in [0.1, 0.15) is 47.0 Å². The van der Waals surface area contributed by atoms with E-state index in [4.69, 9.17) is 0 Å².